The number of hydrogen-bond donors (Lipinski definition) is 2. The summed E-state index contributed by atoms with van der Waals surface area (Å²) in [5, 5.41) is 16.0. The van der Waals surface area contributed by atoms with E-state index >= 15 is 0 Å². The highest BCUT2D eigenvalue weighted by atomic mass is 19.1. The summed E-state index contributed by atoms with van der Waals surface area (Å²) in [6.07, 6.45) is 3.70. The van der Waals surface area contributed by atoms with E-state index in [1.165, 1.54) is 12.1 Å². The summed E-state index contributed by atoms with van der Waals surface area (Å²) < 4.78 is 14.8. The monoisotopic (exact) mass is 375 g/mol. The average molecular weight is 375 g/mol. The molecule has 0 spiro atoms. The summed E-state index contributed by atoms with van der Waals surface area (Å²) in [5.74, 6) is -1.14. The lowest BCUT2D eigenvalue weighted by Gasteiger charge is -2.07. The van der Waals surface area contributed by atoms with Crippen molar-refractivity contribution in [2.24, 2.45) is 0 Å². The van der Waals surface area contributed by atoms with Crippen LogP contribution in [0.4, 0.5) is 4.39 Å². The number of nitrogens with zero attached hydrogens (tertiary/aromatic N) is 2. The summed E-state index contributed by atoms with van der Waals surface area (Å²) in [6, 6.07) is 6.08. The first-order chi connectivity index (χ1) is 12.9. The van der Waals surface area contributed by atoms with Crippen LogP contribution in [0.25, 0.3) is 5.69 Å². The molecule has 0 aliphatic heterocycles. The Bertz CT molecular complexity index is 785. The van der Waals surface area contributed by atoms with Crippen molar-refractivity contribution in [3.8, 4) is 5.69 Å². The van der Waals surface area contributed by atoms with E-state index < -0.39 is 5.97 Å². The molecular formula is C20H26FN3O3. The van der Waals surface area contributed by atoms with Crippen molar-refractivity contribution in [2.75, 3.05) is 6.54 Å². The van der Waals surface area contributed by atoms with Gasteiger partial charge in [0.2, 0.25) is 5.91 Å². The van der Waals surface area contributed by atoms with Crippen LogP contribution in [-0.2, 0) is 16.0 Å². The van der Waals surface area contributed by atoms with Crippen molar-refractivity contribution in [3.05, 3.63) is 47.0 Å². The third-order valence-electron chi connectivity index (χ3n) is 4.49. The van der Waals surface area contributed by atoms with Crippen LogP contribution in [0.3, 0.4) is 0 Å². The fourth-order valence-corrected chi connectivity index (χ4v) is 2.97. The minimum Gasteiger partial charge on any atom is -0.481 e. The zero-order valence-corrected chi connectivity index (χ0v) is 15.8. The molecule has 27 heavy (non-hydrogen) atoms. The van der Waals surface area contributed by atoms with Gasteiger partial charge in [-0.2, -0.15) is 5.10 Å². The van der Waals surface area contributed by atoms with Gasteiger partial charge in [0.05, 0.1) is 17.8 Å². The molecule has 0 saturated heterocycles. The Morgan fingerprint density at radius 1 is 1.11 bits per heavy atom. The fraction of sp³-hybridized carbons (Fsp3) is 0.450. The Kier molecular flexibility index (Phi) is 7.52. The SMILES string of the molecule is Cc1nn(-c2ccc(F)cc2)c(C)c1CC(=O)NCCCCCCC(=O)O. The minimum atomic E-state index is -0.768. The summed E-state index contributed by atoms with van der Waals surface area (Å²) in [7, 11) is 0. The molecule has 1 aromatic carbocycles. The standard InChI is InChI=1S/C20H26FN3O3/c1-14-18(13-19(25)22-12-6-4-3-5-7-20(26)27)15(2)24(23-14)17-10-8-16(21)9-11-17/h8-11H,3-7,12-13H2,1-2H3,(H,22,25)(H,26,27). The fourth-order valence-electron chi connectivity index (χ4n) is 2.97. The third kappa shape index (κ3) is 6.20. The summed E-state index contributed by atoms with van der Waals surface area (Å²) >= 11 is 0. The quantitative estimate of drug-likeness (QED) is 0.624. The van der Waals surface area contributed by atoms with Crippen LogP contribution in [0, 0.1) is 19.7 Å². The normalized spacial score (nSPS) is 10.8. The topological polar surface area (TPSA) is 84.2 Å². The van der Waals surface area contributed by atoms with E-state index in [4.69, 9.17) is 5.11 Å². The molecule has 0 bridgehead atoms. The van der Waals surface area contributed by atoms with Crippen LogP contribution in [0.15, 0.2) is 24.3 Å². The molecule has 0 radical (unpaired) electrons. The van der Waals surface area contributed by atoms with Gasteiger partial charge < -0.3 is 10.4 Å². The molecule has 1 aromatic heterocycles. The Morgan fingerprint density at radius 3 is 2.44 bits per heavy atom. The van der Waals surface area contributed by atoms with Gasteiger partial charge in [0.1, 0.15) is 5.82 Å². The molecule has 1 heterocycles. The number of unbranched alkanes of at least 4 members (excludes halogenated alkanes) is 3. The van der Waals surface area contributed by atoms with E-state index in [1.807, 2.05) is 13.8 Å². The number of hydrogen-bond acceptors (Lipinski definition) is 3. The number of aliphatic carboxylic acids is 1. The Morgan fingerprint density at radius 2 is 1.78 bits per heavy atom. The van der Waals surface area contributed by atoms with Crippen molar-refractivity contribution in [1.29, 1.82) is 0 Å². The van der Waals surface area contributed by atoms with Gasteiger partial charge in [-0.25, -0.2) is 9.07 Å². The number of amides is 1. The van der Waals surface area contributed by atoms with Gasteiger partial charge in [0.15, 0.2) is 0 Å². The van der Waals surface area contributed by atoms with Crippen LogP contribution >= 0.6 is 0 Å². The van der Waals surface area contributed by atoms with Gasteiger partial charge in [-0.15, -0.1) is 0 Å². The number of carboxylic acids is 1. The number of halogens is 1. The van der Waals surface area contributed by atoms with Crippen LogP contribution in [-0.4, -0.2) is 33.3 Å². The van der Waals surface area contributed by atoms with Crippen molar-refractivity contribution < 1.29 is 19.1 Å². The molecule has 0 fully saturated rings. The highest BCUT2D eigenvalue weighted by Gasteiger charge is 2.15. The molecule has 0 saturated carbocycles. The van der Waals surface area contributed by atoms with Gasteiger partial charge in [-0.3, -0.25) is 9.59 Å². The van der Waals surface area contributed by atoms with E-state index in [1.54, 1.807) is 16.8 Å². The first-order valence-corrected chi connectivity index (χ1v) is 9.18. The number of nitrogens with one attached hydrogen (secondary N) is 1. The largest absolute Gasteiger partial charge is 0.481 e. The number of aryl methyl sites for hydroxylation is 1. The molecule has 2 aromatic rings. The minimum absolute atomic E-state index is 0.0645. The maximum Gasteiger partial charge on any atom is 0.303 e. The second-order valence-electron chi connectivity index (χ2n) is 6.62. The van der Waals surface area contributed by atoms with Gasteiger partial charge in [-0.1, -0.05) is 12.8 Å². The van der Waals surface area contributed by atoms with Crippen LogP contribution < -0.4 is 5.32 Å². The van der Waals surface area contributed by atoms with E-state index in [9.17, 15) is 14.0 Å². The van der Waals surface area contributed by atoms with Crippen molar-refractivity contribution >= 4 is 11.9 Å². The lowest BCUT2D eigenvalue weighted by Crippen LogP contribution is -2.26. The first-order valence-electron chi connectivity index (χ1n) is 9.18. The number of carbonyl (C=O) groups is 2. The van der Waals surface area contributed by atoms with Crippen molar-refractivity contribution in [2.45, 2.75) is 52.4 Å². The lowest BCUT2D eigenvalue weighted by molar-refractivity contribution is -0.137. The molecule has 0 atom stereocenters. The highest BCUT2D eigenvalue weighted by molar-refractivity contribution is 5.79. The zero-order valence-electron chi connectivity index (χ0n) is 15.8. The van der Waals surface area contributed by atoms with Crippen LogP contribution in [0.2, 0.25) is 0 Å². The molecule has 1 amide bonds. The highest BCUT2D eigenvalue weighted by Crippen LogP contribution is 2.18. The van der Waals surface area contributed by atoms with Crippen molar-refractivity contribution in [1.82, 2.24) is 15.1 Å². The Hall–Kier alpha value is -2.70. The maximum absolute atomic E-state index is 13.1. The van der Waals surface area contributed by atoms with Gasteiger partial charge in [-0.05, 0) is 51.0 Å². The smallest absolute Gasteiger partial charge is 0.303 e. The predicted octanol–water partition coefficient (Wildman–Crippen LogP) is 3.32. The number of carboxylic acid groups (broad SMARTS) is 1. The first kappa shape index (κ1) is 20.6. The van der Waals surface area contributed by atoms with Crippen molar-refractivity contribution in [3.63, 3.8) is 0 Å². The summed E-state index contributed by atoms with van der Waals surface area (Å²) in [5.41, 5.74) is 3.27. The zero-order chi connectivity index (χ0) is 19.8. The molecule has 7 heteroatoms. The van der Waals surface area contributed by atoms with Gasteiger partial charge in [0.25, 0.3) is 0 Å². The summed E-state index contributed by atoms with van der Waals surface area (Å²) in [6.45, 7) is 4.34. The van der Waals surface area contributed by atoms with E-state index in [2.05, 4.69) is 10.4 Å². The third-order valence-corrected chi connectivity index (χ3v) is 4.49. The Balaban J connectivity index is 1.83. The maximum atomic E-state index is 13.1. The number of benzene rings is 1. The molecule has 0 unspecified atom stereocenters. The molecule has 6 nitrogen and oxygen atoms in total. The van der Waals surface area contributed by atoms with E-state index in [0.717, 1.165) is 41.9 Å². The van der Waals surface area contributed by atoms with Gasteiger partial charge in [0, 0.05) is 24.2 Å². The second kappa shape index (κ2) is 9.85. The molecule has 2 rings (SSSR count). The number of aromatic nitrogens is 2. The average Bonchev–Trinajstić information content (AvgIpc) is 2.89. The predicted molar refractivity (Wildman–Crippen MR) is 100 cm³/mol. The molecule has 0 aliphatic carbocycles. The number of carbonyl (C=O) groups excluding carboxylic acids is 1. The summed E-state index contributed by atoms with van der Waals surface area (Å²) in [4.78, 5) is 22.6. The molecular weight excluding hydrogens is 349 g/mol. The molecule has 146 valence electrons. The van der Waals surface area contributed by atoms with E-state index in [-0.39, 0.29) is 24.6 Å². The van der Waals surface area contributed by atoms with Crippen LogP contribution in [0.5, 0.6) is 0 Å². The Labute approximate surface area is 158 Å². The van der Waals surface area contributed by atoms with E-state index in [0.29, 0.717) is 13.0 Å². The number of rotatable bonds is 10. The lowest BCUT2D eigenvalue weighted by atomic mass is 10.1. The van der Waals surface area contributed by atoms with Gasteiger partial charge >= 0.3 is 5.97 Å². The molecule has 2 N–H and O–H groups in total. The van der Waals surface area contributed by atoms with Crippen LogP contribution in [0.1, 0.15) is 49.1 Å². The second-order valence-corrected chi connectivity index (χ2v) is 6.62. The molecule has 0 aliphatic rings.